The third-order valence-corrected chi connectivity index (χ3v) is 5.72. The van der Waals surface area contributed by atoms with Gasteiger partial charge in [-0.25, -0.2) is 0 Å². The van der Waals surface area contributed by atoms with Crippen LogP contribution >= 0.6 is 11.8 Å². The molecule has 1 aromatic rings. The first kappa shape index (κ1) is 17.9. The second-order valence-electron chi connectivity index (χ2n) is 5.82. The first-order valence-electron chi connectivity index (χ1n) is 8.09. The molecule has 1 aromatic carbocycles. The normalized spacial score (nSPS) is 21.1. The van der Waals surface area contributed by atoms with Gasteiger partial charge in [0.05, 0.1) is 19.8 Å². The van der Waals surface area contributed by atoms with E-state index in [2.05, 4.69) is 5.32 Å². The van der Waals surface area contributed by atoms with E-state index in [9.17, 15) is 9.59 Å². The summed E-state index contributed by atoms with van der Waals surface area (Å²) in [5, 5.41) is 2.73. The van der Waals surface area contributed by atoms with Gasteiger partial charge in [-0.2, -0.15) is 0 Å². The molecule has 2 atom stereocenters. The Bertz CT molecular complexity index is 681. The molecule has 2 amide bonds. The second kappa shape index (κ2) is 7.53. The van der Waals surface area contributed by atoms with E-state index in [0.29, 0.717) is 36.0 Å². The Morgan fingerprint density at radius 1 is 1.32 bits per heavy atom. The predicted molar refractivity (Wildman–Crippen MR) is 94.2 cm³/mol. The first-order chi connectivity index (χ1) is 12.1. The van der Waals surface area contributed by atoms with Crippen LogP contribution in [0.5, 0.6) is 11.5 Å². The quantitative estimate of drug-likeness (QED) is 0.736. The average Bonchev–Trinajstić information content (AvgIpc) is 3.18. The van der Waals surface area contributed by atoms with Crippen molar-refractivity contribution in [2.24, 2.45) is 0 Å². The van der Waals surface area contributed by atoms with Crippen molar-refractivity contribution in [1.82, 2.24) is 10.2 Å². The van der Waals surface area contributed by atoms with Crippen molar-refractivity contribution in [3.63, 3.8) is 0 Å². The lowest BCUT2D eigenvalue weighted by Crippen LogP contribution is -2.46. The molecule has 0 unspecified atom stereocenters. The molecule has 2 heterocycles. The number of nitrogens with one attached hydrogen (secondary N) is 1. The van der Waals surface area contributed by atoms with Gasteiger partial charge >= 0.3 is 0 Å². The topological polar surface area (TPSA) is 77.1 Å². The van der Waals surface area contributed by atoms with E-state index < -0.39 is 6.04 Å². The zero-order chi connectivity index (χ0) is 18.0. The highest BCUT2D eigenvalue weighted by Crippen LogP contribution is 2.52. The van der Waals surface area contributed by atoms with Gasteiger partial charge in [-0.3, -0.25) is 9.59 Å². The van der Waals surface area contributed by atoms with Crippen LogP contribution in [0.1, 0.15) is 27.7 Å². The van der Waals surface area contributed by atoms with Crippen LogP contribution in [0.25, 0.3) is 0 Å². The molecular formula is C17H22N2O5S. The Morgan fingerprint density at radius 2 is 2.12 bits per heavy atom. The van der Waals surface area contributed by atoms with Crippen molar-refractivity contribution in [2.75, 3.05) is 40.2 Å². The minimum atomic E-state index is -0.479. The number of carbonyl (C=O) groups excluding carboxylic acids is 2. The number of hydrogen-bond acceptors (Lipinski definition) is 6. The summed E-state index contributed by atoms with van der Waals surface area (Å²) in [6.45, 7) is 1.12. The van der Waals surface area contributed by atoms with Gasteiger partial charge in [0.15, 0.2) is 11.5 Å². The maximum absolute atomic E-state index is 13.0. The lowest BCUT2D eigenvalue weighted by Gasteiger charge is -2.22. The molecule has 0 aliphatic carbocycles. The number of rotatable bonds is 7. The van der Waals surface area contributed by atoms with E-state index in [1.54, 1.807) is 29.8 Å². The number of thioether (sulfide) groups is 1. The van der Waals surface area contributed by atoms with Crippen LogP contribution in [0.15, 0.2) is 12.1 Å². The maximum atomic E-state index is 13.0. The van der Waals surface area contributed by atoms with Gasteiger partial charge in [0.1, 0.15) is 11.4 Å². The summed E-state index contributed by atoms with van der Waals surface area (Å²) in [6.07, 6.45) is 0.741. The molecule has 0 radical (unpaired) electrons. The minimum absolute atomic E-state index is 0.127. The van der Waals surface area contributed by atoms with Crippen LogP contribution in [0.2, 0.25) is 0 Å². The summed E-state index contributed by atoms with van der Waals surface area (Å²) in [4.78, 5) is 27.2. The Hall–Kier alpha value is -1.93. The smallest absolute Gasteiger partial charge is 0.260 e. The summed E-state index contributed by atoms with van der Waals surface area (Å²) in [5.41, 5.74) is 1.37. The molecule has 3 rings (SSSR count). The number of fused-ring (bicyclic) bond motifs is 3. The van der Waals surface area contributed by atoms with E-state index in [-0.39, 0.29) is 17.2 Å². The predicted octanol–water partition coefficient (Wildman–Crippen LogP) is 1.43. The average molecular weight is 366 g/mol. The van der Waals surface area contributed by atoms with E-state index in [4.69, 9.17) is 14.2 Å². The van der Waals surface area contributed by atoms with Crippen LogP contribution in [0.3, 0.4) is 0 Å². The van der Waals surface area contributed by atoms with Crippen molar-refractivity contribution in [1.29, 1.82) is 0 Å². The third kappa shape index (κ3) is 3.04. The summed E-state index contributed by atoms with van der Waals surface area (Å²) < 4.78 is 15.7. The fourth-order valence-electron chi connectivity index (χ4n) is 3.24. The molecule has 8 heteroatoms. The number of ether oxygens (including phenoxy) is 3. The highest BCUT2D eigenvalue weighted by atomic mass is 32.2. The van der Waals surface area contributed by atoms with Gasteiger partial charge in [-0.15, -0.1) is 11.8 Å². The van der Waals surface area contributed by atoms with Crippen LogP contribution < -0.4 is 14.8 Å². The zero-order valence-corrected chi connectivity index (χ0v) is 15.4. The third-order valence-electron chi connectivity index (χ3n) is 4.42. The summed E-state index contributed by atoms with van der Waals surface area (Å²) >= 11 is 1.60. The highest BCUT2D eigenvalue weighted by molar-refractivity contribution is 7.99. The van der Waals surface area contributed by atoms with Crippen molar-refractivity contribution < 1.29 is 23.8 Å². The molecule has 2 aliphatic heterocycles. The Labute approximate surface area is 151 Å². The minimum Gasteiger partial charge on any atom is -0.493 e. The molecule has 1 fully saturated rings. The molecule has 25 heavy (non-hydrogen) atoms. The number of amides is 2. The van der Waals surface area contributed by atoms with Gasteiger partial charge in [-0.05, 0) is 12.5 Å². The van der Waals surface area contributed by atoms with E-state index >= 15 is 0 Å². The van der Waals surface area contributed by atoms with E-state index in [1.165, 1.54) is 14.2 Å². The van der Waals surface area contributed by atoms with Gasteiger partial charge in [-0.1, -0.05) is 6.07 Å². The monoisotopic (exact) mass is 366 g/mol. The van der Waals surface area contributed by atoms with Crippen LogP contribution in [0.4, 0.5) is 0 Å². The van der Waals surface area contributed by atoms with Crippen LogP contribution in [0, 0.1) is 0 Å². The Balaban J connectivity index is 1.81. The lowest BCUT2D eigenvalue weighted by atomic mass is 10.1. The molecule has 0 saturated carbocycles. The van der Waals surface area contributed by atoms with Gasteiger partial charge in [0, 0.05) is 31.6 Å². The number of methoxy groups -OCH3 is 3. The van der Waals surface area contributed by atoms with Crippen LogP contribution in [-0.2, 0) is 9.53 Å². The summed E-state index contributed by atoms with van der Waals surface area (Å²) in [6, 6.07) is 3.20. The number of carbonyl (C=O) groups is 2. The van der Waals surface area contributed by atoms with Gasteiger partial charge in [0.2, 0.25) is 5.91 Å². The Morgan fingerprint density at radius 3 is 2.80 bits per heavy atom. The van der Waals surface area contributed by atoms with Gasteiger partial charge in [0.25, 0.3) is 5.91 Å². The highest BCUT2D eigenvalue weighted by Gasteiger charge is 2.50. The molecule has 0 aromatic heterocycles. The molecule has 1 N–H and O–H groups in total. The second-order valence-corrected chi connectivity index (χ2v) is 6.93. The van der Waals surface area contributed by atoms with Crippen LogP contribution in [-0.4, -0.2) is 63.0 Å². The van der Waals surface area contributed by atoms with Crippen molar-refractivity contribution >= 4 is 23.6 Å². The molecular weight excluding hydrogens is 344 g/mol. The maximum Gasteiger partial charge on any atom is 0.260 e. The fourth-order valence-corrected chi connectivity index (χ4v) is 4.70. The van der Waals surface area contributed by atoms with Gasteiger partial charge < -0.3 is 24.4 Å². The van der Waals surface area contributed by atoms with Crippen molar-refractivity contribution in [2.45, 2.75) is 17.8 Å². The largest absolute Gasteiger partial charge is 0.493 e. The number of hydrogen-bond donors (Lipinski definition) is 1. The molecule has 0 bridgehead atoms. The summed E-state index contributed by atoms with van der Waals surface area (Å²) in [5.74, 6) is 1.22. The fraction of sp³-hybridized carbons (Fsp3) is 0.529. The van der Waals surface area contributed by atoms with Crippen molar-refractivity contribution in [3.05, 3.63) is 23.3 Å². The molecule has 1 saturated heterocycles. The molecule has 0 spiro atoms. The molecule has 7 nitrogen and oxygen atoms in total. The first-order valence-corrected chi connectivity index (χ1v) is 9.14. The number of benzene rings is 1. The Kier molecular flexibility index (Phi) is 5.39. The standard InChI is InChI=1S/C17H22N2O5S/c1-22-8-4-7-18-15(20)11-9-25-17-10-5-6-12(23-2)14(24-3)13(10)16(21)19(11)17/h5-6,11,17H,4,7-9H2,1-3H3,(H,18,20)/t11-,17+/m0/s1. The van der Waals surface area contributed by atoms with E-state index in [1.807, 2.05) is 6.07 Å². The SMILES string of the molecule is COCCCNC(=O)[C@@H]1CS[C@@H]2c3ccc(OC)c(OC)c3C(=O)N21. The number of nitrogens with zero attached hydrogens (tertiary/aromatic N) is 1. The summed E-state index contributed by atoms with van der Waals surface area (Å²) in [7, 11) is 4.68. The van der Waals surface area contributed by atoms with Crippen molar-refractivity contribution in [3.8, 4) is 11.5 Å². The molecule has 136 valence electrons. The zero-order valence-electron chi connectivity index (χ0n) is 14.5. The lowest BCUT2D eigenvalue weighted by molar-refractivity contribution is -0.124. The molecule has 2 aliphatic rings. The van der Waals surface area contributed by atoms with E-state index in [0.717, 1.165) is 12.0 Å².